The SMILES string of the molecule is NC(=O)CCSc1ccccc1NC(=O)N1CCN(c2ccc(F)cn2)CC1. The summed E-state index contributed by atoms with van der Waals surface area (Å²) in [5, 5.41) is 2.95. The molecule has 0 aliphatic carbocycles. The number of nitrogens with zero attached hydrogens (tertiary/aromatic N) is 3. The fourth-order valence-electron chi connectivity index (χ4n) is 2.85. The van der Waals surface area contributed by atoms with E-state index in [0.29, 0.717) is 43.4 Å². The number of hydrogen-bond acceptors (Lipinski definition) is 5. The van der Waals surface area contributed by atoms with E-state index < -0.39 is 0 Å². The van der Waals surface area contributed by atoms with Crippen LogP contribution in [0.3, 0.4) is 0 Å². The van der Waals surface area contributed by atoms with Gasteiger partial charge < -0.3 is 20.9 Å². The van der Waals surface area contributed by atoms with Crippen LogP contribution in [-0.2, 0) is 4.79 Å². The number of primary amides is 1. The molecule has 1 aliphatic rings. The van der Waals surface area contributed by atoms with E-state index in [-0.39, 0.29) is 24.2 Å². The Hall–Kier alpha value is -2.81. The third-order valence-corrected chi connectivity index (χ3v) is 5.41. The summed E-state index contributed by atoms with van der Waals surface area (Å²) in [4.78, 5) is 32.3. The van der Waals surface area contributed by atoms with Gasteiger partial charge in [-0.05, 0) is 24.3 Å². The predicted molar refractivity (Wildman–Crippen MR) is 108 cm³/mol. The van der Waals surface area contributed by atoms with Gasteiger partial charge in [0.15, 0.2) is 0 Å². The molecule has 3 rings (SSSR count). The minimum Gasteiger partial charge on any atom is -0.370 e. The number of carbonyl (C=O) groups is 2. The van der Waals surface area contributed by atoms with Gasteiger partial charge in [-0.15, -0.1) is 11.8 Å². The van der Waals surface area contributed by atoms with Crippen LogP contribution in [0.4, 0.5) is 20.7 Å². The van der Waals surface area contributed by atoms with Crippen LogP contribution in [0.15, 0.2) is 47.5 Å². The molecule has 148 valence electrons. The molecule has 7 nitrogen and oxygen atoms in total. The number of nitrogens with one attached hydrogen (secondary N) is 1. The van der Waals surface area contributed by atoms with Crippen LogP contribution in [0.5, 0.6) is 0 Å². The lowest BCUT2D eigenvalue weighted by Crippen LogP contribution is -2.50. The number of carbonyl (C=O) groups excluding carboxylic acids is 2. The molecule has 0 radical (unpaired) electrons. The molecule has 1 aromatic heterocycles. The molecular weight excluding hydrogens is 381 g/mol. The molecule has 2 aromatic rings. The highest BCUT2D eigenvalue weighted by atomic mass is 32.2. The molecule has 28 heavy (non-hydrogen) atoms. The largest absolute Gasteiger partial charge is 0.370 e. The maximum Gasteiger partial charge on any atom is 0.321 e. The van der Waals surface area contributed by atoms with Gasteiger partial charge in [-0.3, -0.25) is 4.79 Å². The lowest BCUT2D eigenvalue weighted by molar-refractivity contribution is -0.117. The number of nitrogens with two attached hydrogens (primary N) is 1. The Bertz CT molecular complexity index is 825. The highest BCUT2D eigenvalue weighted by molar-refractivity contribution is 7.99. The number of para-hydroxylation sites is 1. The van der Waals surface area contributed by atoms with E-state index in [9.17, 15) is 14.0 Å². The first-order chi connectivity index (χ1) is 13.5. The molecule has 2 heterocycles. The zero-order valence-electron chi connectivity index (χ0n) is 15.3. The van der Waals surface area contributed by atoms with Crippen molar-refractivity contribution in [1.82, 2.24) is 9.88 Å². The molecule has 0 atom stereocenters. The first kappa shape index (κ1) is 19.9. The smallest absolute Gasteiger partial charge is 0.321 e. The summed E-state index contributed by atoms with van der Waals surface area (Å²) in [5.74, 6) is 0.556. The standard InChI is InChI=1S/C19H22FN5O2S/c20-14-5-6-18(22-13-14)24-8-10-25(11-9-24)19(27)23-15-3-1-2-4-16(15)28-12-7-17(21)26/h1-6,13H,7-12H2,(H2,21,26)(H,23,27). The molecule has 1 aromatic carbocycles. The molecule has 9 heteroatoms. The second kappa shape index (κ2) is 9.41. The lowest BCUT2D eigenvalue weighted by Gasteiger charge is -2.35. The van der Waals surface area contributed by atoms with E-state index in [1.165, 1.54) is 24.0 Å². The third kappa shape index (κ3) is 5.35. The van der Waals surface area contributed by atoms with Crippen molar-refractivity contribution >= 4 is 35.2 Å². The number of thioether (sulfide) groups is 1. The molecule has 3 amide bonds. The average molecular weight is 403 g/mol. The Morgan fingerprint density at radius 3 is 2.57 bits per heavy atom. The summed E-state index contributed by atoms with van der Waals surface area (Å²) in [7, 11) is 0. The van der Waals surface area contributed by atoms with Crippen molar-refractivity contribution in [1.29, 1.82) is 0 Å². The highest BCUT2D eigenvalue weighted by Gasteiger charge is 2.22. The van der Waals surface area contributed by atoms with Crippen molar-refractivity contribution in [2.24, 2.45) is 5.73 Å². The third-order valence-electron chi connectivity index (χ3n) is 4.34. The normalized spacial score (nSPS) is 14.0. The van der Waals surface area contributed by atoms with Gasteiger partial charge in [-0.1, -0.05) is 12.1 Å². The number of aromatic nitrogens is 1. The number of anilines is 2. The maximum atomic E-state index is 13.0. The van der Waals surface area contributed by atoms with Gasteiger partial charge in [0.25, 0.3) is 0 Å². The number of benzene rings is 1. The summed E-state index contributed by atoms with van der Waals surface area (Å²) in [6, 6.07) is 10.3. The quantitative estimate of drug-likeness (QED) is 0.724. The topological polar surface area (TPSA) is 91.6 Å². The summed E-state index contributed by atoms with van der Waals surface area (Å²) >= 11 is 1.48. The van der Waals surface area contributed by atoms with Crippen LogP contribution in [0, 0.1) is 5.82 Å². The van der Waals surface area contributed by atoms with Gasteiger partial charge in [0.1, 0.15) is 11.6 Å². The Kier molecular flexibility index (Phi) is 6.70. The van der Waals surface area contributed by atoms with Crippen LogP contribution in [0.25, 0.3) is 0 Å². The Balaban J connectivity index is 1.54. The maximum absolute atomic E-state index is 13.0. The van der Waals surface area contributed by atoms with Gasteiger partial charge in [0.2, 0.25) is 5.91 Å². The van der Waals surface area contributed by atoms with Crippen LogP contribution in [-0.4, -0.2) is 53.8 Å². The van der Waals surface area contributed by atoms with Crippen molar-refractivity contribution in [3.63, 3.8) is 0 Å². The second-order valence-corrected chi connectivity index (χ2v) is 7.44. The molecule has 1 fully saturated rings. The fourth-order valence-corrected chi connectivity index (χ4v) is 3.82. The minimum absolute atomic E-state index is 0.172. The van der Waals surface area contributed by atoms with E-state index in [2.05, 4.69) is 10.3 Å². The molecule has 0 saturated carbocycles. The number of hydrogen-bond donors (Lipinski definition) is 2. The Labute approximate surface area is 167 Å². The van der Waals surface area contributed by atoms with Crippen LogP contribution in [0.2, 0.25) is 0 Å². The minimum atomic E-state index is -0.367. The van der Waals surface area contributed by atoms with Crippen LogP contribution < -0.4 is 16.0 Å². The van der Waals surface area contributed by atoms with Crippen molar-refractivity contribution in [2.75, 3.05) is 42.1 Å². The van der Waals surface area contributed by atoms with Crippen molar-refractivity contribution in [2.45, 2.75) is 11.3 Å². The first-order valence-corrected chi connectivity index (χ1v) is 9.94. The number of halogens is 1. The zero-order chi connectivity index (χ0) is 19.9. The fraction of sp³-hybridized carbons (Fsp3) is 0.316. The number of rotatable bonds is 6. The van der Waals surface area contributed by atoms with Gasteiger partial charge >= 0.3 is 6.03 Å². The molecular formula is C19H22FN5O2S. The summed E-state index contributed by atoms with van der Waals surface area (Å²) in [6.45, 7) is 2.34. The van der Waals surface area contributed by atoms with Crippen molar-refractivity contribution in [3.8, 4) is 0 Å². The highest BCUT2D eigenvalue weighted by Crippen LogP contribution is 2.27. The Morgan fingerprint density at radius 2 is 1.89 bits per heavy atom. The van der Waals surface area contributed by atoms with Crippen LogP contribution in [0.1, 0.15) is 6.42 Å². The number of pyridine rings is 1. The van der Waals surface area contributed by atoms with Crippen molar-refractivity contribution < 1.29 is 14.0 Å². The number of urea groups is 1. The van der Waals surface area contributed by atoms with Gasteiger partial charge in [-0.2, -0.15) is 0 Å². The molecule has 1 saturated heterocycles. The van der Waals surface area contributed by atoms with E-state index in [1.807, 2.05) is 29.2 Å². The van der Waals surface area contributed by atoms with Gasteiger partial charge in [-0.25, -0.2) is 14.2 Å². The Morgan fingerprint density at radius 1 is 1.14 bits per heavy atom. The zero-order valence-corrected chi connectivity index (χ0v) is 16.1. The summed E-state index contributed by atoms with van der Waals surface area (Å²) < 4.78 is 13.0. The summed E-state index contributed by atoms with van der Waals surface area (Å²) in [5.41, 5.74) is 5.89. The monoisotopic (exact) mass is 403 g/mol. The van der Waals surface area contributed by atoms with E-state index >= 15 is 0 Å². The second-order valence-electron chi connectivity index (χ2n) is 6.30. The molecule has 1 aliphatic heterocycles. The van der Waals surface area contributed by atoms with E-state index in [0.717, 1.165) is 4.90 Å². The van der Waals surface area contributed by atoms with Gasteiger partial charge in [0.05, 0.1) is 11.9 Å². The lowest BCUT2D eigenvalue weighted by atomic mass is 10.3. The van der Waals surface area contributed by atoms with E-state index in [4.69, 9.17) is 5.73 Å². The molecule has 0 bridgehead atoms. The van der Waals surface area contributed by atoms with Gasteiger partial charge in [0, 0.05) is 43.2 Å². The number of amides is 3. The number of piperazine rings is 1. The molecule has 0 spiro atoms. The average Bonchev–Trinajstić information content (AvgIpc) is 2.70. The molecule has 0 unspecified atom stereocenters. The van der Waals surface area contributed by atoms with Crippen molar-refractivity contribution in [3.05, 3.63) is 48.4 Å². The van der Waals surface area contributed by atoms with E-state index in [1.54, 1.807) is 11.0 Å². The summed E-state index contributed by atoms with van der Waals surface area (Å²) in [6.07, 6.45) is 1.48. The van der Waals surface area contributed by atoms with Crippen LogP contribution >= 0.6 is 11.8 Å². The molecule has 3 N–H and O–H groups in total. The predicted octanol–water partition coefficient (Wildman–Crippen LogP) is 2.54. The first-order valence-electron chi connectivity index (χ1n) is 8.95.